The number of nitro groups is 1. The molecular weight excluding hydrogens is 450 g/mol. The van der Waals surface area contributed by atoms with Crippen LogP contribution in [0.25, 0.3) is 0 Å². The van der Waals surface area contributed by atoms with Crippen molar-refractivity contribution in [1.82, 2.24) is 0 Å². The summed E-state index contributed by atoms with van der Waals surface area (Å²) in [4.78, 5) is 36.7. The highest BCUT2D eigenvalue weighted by Crippen LogP contribution is 2.33. The molecule has 9 nitrogen and oxygen atoms in total. The standard InChI is InChI=1S/C13H16N2O4.C13H17NO2/c1-9-4-2-3-7-14(9)11-6-5-10(13(16)17)8-12(11)15(18)19;1-10-9-11(13(15)16)5-6-12(10)14-7-3-2-4-8-14/h5-6,8-9H,2-4,7H2,1H3,(H,16,17);5-6,9H,2-4,7-8H2,1H3,(H,15,16). The van der Waals surface area contributed by atoms with Gasteiger partial charge in [-0.25, -0.2) is 9.59 Å². The van der Waals surface area contributed by atoms with E-state index in [2.05, 4.69) is 4.90 Å². The molecule has 35 heavy (non-hydrogen) atoms. The van der Waals surface area contributed by atoms with Gasteiger partial charge in [0.2, 0.25) is 0 Å². The molecule has 2 heterocycles. The number of rotatable bonds is 5. The van der Waals surface area contributed by atoms with Gasteiger partial charge >= 0.3 is 11.9 Å². The second kappa shape index (κ2) is 11.7. The molecule has 2 N–H and O–H groups in total. The molecule has 4 rings (SSSR count). The van der Waals surface area contributed by atoms with Gasteiger partial charge < -0.3 is 20.0 Å². The van der Waals surface area contributed by atoms with Gasteiger partial charge in [-0.2, -0.15) is 0 Å². The zero-order chi connectivity index (χ0) is 25.5. The maximum absolute atomic E-state index is 11.1. The van der Waals surface area contributed by atoms with Gasteiger partial charge in [0, 0.05) is 37.4 Å². The minimum atomic E-state index is -1.15. The Balaban J connectivity index is 0.000000198. The van der Waals surface area contributed by atoms with Crippen LogP contribution in [0.1, 0.15) is 71.7 Å². The number of hydrogen-bond acceptors (Lipinski definition) is 6. The van der Waals surface area contributed by atoms with Crippen molar-refractivity contribution in [3.63, 3.8) is 0 Å². The normalized spacial score (nSPS) is 17.8. The van der Waals surface area contributed by atoms with E-state index in [1.807, 2.05) is 24.8 Å². The van der Waals surface area contributed by atoms with Gasteiger partial charge in [0.15, 0.2) is 0 Å². The van der Waals surface area contributed by atoms with Gasteiger partial charge in [-0.15, -0.1) is 0 Å². The molecule has 9 heteroatoms. The fourth-order valence-corrected chi connectivity index (χ4v) is 4.78. The van der Waals surface area contributed by atoms with Gasteiger partial charge in [-0.3, -0.25) is 10.1 Å². The maximum atomic E-state index is 11.1. The third kappa shape index (κ3) is 6.49. The zero-order valence-corrected chi connectivity index (χ0v) is 20.3. The number of hydrogen-bond donors (Lipinski definition) is 2. The van der Waals surface area contributed by atoms with Gasteiger partial charge in [0.25, 0.3) is 5.69 Å². The first-order valence-electron chi connectivity index (χ1n) is 12.1. The lowest BCUT2D eigenvalue weighted by Crippen LogP contribution is -2.37. The lowest BCUT2D eigenvalue weighted by molar-refractivity contribution is -0.384. The second-order valence-corrected chi connectivity index (χ2v) is 9.16. The van der Waals surface area contributed by atoms with E-state index in [-0.39, 0.29) is 17.3 Å². The number of carboxylic acids is 2. The van der Waals surface area contributed by atoms with E-state index in [0.717, 1.165) is 50.5 Å². The highest BCUT2D eigenvalue weighted by molar-refractivity contribution is 5.90. The van der Waals surface area contributed by atoms with Crippen LogP contribution in [0.4, 0.5) is 17.1 Å². The molecule has 0 aliphatic carbocycles. The molecule has 2 fully saturated rings. The SMILES string of the molecule is CC1CCCCN1c1ccc(C(=O)O)cc1[N+](=O)[O-].Cc1cc(C(=O)O)ccc1N1CCCCC1. The summed E-state index contributed by atoms with van der Waals surface area (Å²) in [6, 6.07) is 9.73. The summed E-state index contributed by atoms with van der Waals surface area (Å²) in [5.74, 6) is -2.00. The molecule has 0 saturated carbocycles. The summed E-state index contributed by atoms with van der Waals surface area (Å²) in [5, 5.41) is 28.9. The quantitative estimate of drug-likeness (QED) is 0.430. The summed E-state index contributed by atoms with van der Waals surface area (Å²) in [5.41, 5.74) is 2.95. The van der Waals surface area contributed by atoms with Crippen LogP contribution in [-0.4, -0.2) is 52.8 Å². The van der Waals surface area contributed by atoms with Crippen molar-refractivity contribution >= 4 is 29.0 Å². The number of anilines is 2. The van der Waals surface area contributed by atoms with Crippen molar-refractivity contribution in [3.05, 3.63) is 63.2 Å². The van der Waals surface area contributed by atoms with Crippen molar-refractivity contribution in [2.45, 2.75) is 58.4 Å². The predicted molar refractivity (Wildman–Crippen MR) is 135 cm³/mol. The first kappa shape index (κ1) is 26.0. The average Bonchev–Trinajstić information content (AvgIpc) is 2.84. The number of carbonyl (C=O) groups is 2. The summed E-state index contributed by atoms with van der Waals surface area (Å²) >= 11 is 0. The lowest BCUT2D eigenvalue weighted by Gasteiger charge is -2.35. The fraction of sp³-hybridized carbons (Fsp3) is 0.462. The van der Waals surface area contributed by atoms with E-state index in [1.54, 1.807) is 18.2 Å². The Morgan fingerprint density at radius 3 is 2.00 bits per heavy atom. The van der Waals surface area contributed by atoms with Crippen molar-refractivity contribution in [1.29, 1.82) is 0 Å². The topological polar surface area (TPSA) is 124 Å². The molecule has 0 aromatic heterocycles. The zero-order valence-electron chi connectivity index (χ0n) is 20.3. The number of nitrogens with zero attached hydrogens (tertiary/aromatic N) is 3. The average molecular weight is 484 g/mol. The fourth-order valence-electron chi connectivity index (χ4n) is 4.78. The molecule has 1 unspecified atom stereocenters. The van der Waals surface area contributed by atoms with E-state index in [9.17, 15) is 19.7 Å². The predicted octanol–water partition coefficient (Wildman–Crippen LogP) is 5.36. The Hall–Kier alpha value is -3.62. The highest BCUT2D eigenvalue weighted by Gasteiger charge is 2.26. The van der Waals surface area contributed by atoms with Gasteiger partial charge in [0.1, 0.15) is 5.69 Å². The number of carboxylic acid groups (broad SMARTS) is 2. The van der Waals surface area contributed by atoms with Gasteiger partial charge in [-0.1, -0.05) is 0 Å². The number of nitro benzene ring substituents is 1. The van der Waals surface area contributed by atoms with E-state index >= 15 is 0 Å². The van der Waals surface area contributed by atoms with E-state index in [4.69, 9.17) is 10.2 Å². The molecule has 2 aliphatic rings. The van der Waals surface area contributed by atoms with Crippen LogP contribution in [0.5, 0.6) is 0 Å². The minimum absolute atomic E-state index is 0.0555. The number of piperidine rings is 2. The number of aryl methyl sites for hydroxylation is 1. The van der Waals surface area contributed by atoms with Gasteiger partial charge in [0.05, 0.1) is 16.1 Å². The Bertz CT molecular complexity index is 1080. The van der Waals surface area contributed by atoms with Crippen LogP contribution < -0.4 is 9.80 Å². The number of aromatic carboxylic acids is 2. The van der Waals surface area contributed by atoms with Crippen LogP contribution in [0.2, 0.25) is 0 Å². The third-order valence-corrected chi connectivity index (χ3v) is 6.67. The Kier molecular flexibility index (Phi) is 8.68. The van der Waals surface area contributed by atoms with Crippen molar-refractivity contribution in [2.75, 3.05) is 29.4 Å². The molecule has 2 aromatic carbocycles. The molecule has 2 aliphatic heterocycles. The molecular formula is C26H33N3O6. The molecule has 2 aromatic rings. The van der Waals surface area contributed by atoms with E-state index < -0.39 is 16.9 Å². The minimum Gasteiger partial charge on any atom is -0.478 e. The summed E-state index contributed by atoms with van der Waals surface area (Å²) in [6.45, 7) is 6.97. The number of benzene rings is 2. The summed E-state index contributed by atoms with van der Waals surface area (Å²) in [7, 11) is 0. The molecule has 188 valence electrons. The summed E-state index contributed by atoms with van der Waals surface area (Å²) < 4.78 is 0. The Morgan fingerprint density at radius 1 is 0.886 bits per heavy atom. The molecule has 2 saturated heterocycles. The van der Waals surface area contributed by atoms with Crippen molar-refractivity contribution in [2.24, 2.45) is 0 Å². The van der Waals surface area contributed by atoms with E-state index in [0.29, 0.717) is 11.3 Å². The first-order chi connectivity index (χ1) is 16.7. The van der Waals surface area contributed by atoms with Crippen LogP contribution in [0.3, 0.4) is 0 Å². The third-order valence-electron chi connectivity index (χ3n) is 6.67. The molecule has 0 radical (unpaired) electrons. The molecule has 0 amide bonds. The van der Waals surface area contributed by atoms with Crippen LogP contribution in [0.15, 0.2) is 36.4 Å². The van der Waals surface area contributed by atoms with Crippen molar-refractivity contribution in [3.8, 4) is 0 Å². The molecule has 1 atom stereocenters. The highest BCUT2D eigenvalue weighted by atomic mass is 16.6. The Labute approximate surface area is 205 Å². The van der Waals surface area contributed by atoms with Gasteiger partial charge in [-0.05, 0) is 88.3 Å². The summed E-state index contributed by atoms with van der Waals surface area (Å²) in [6.07, 6.45) is 6.90. The maximum Gasteiger partial charge on any atom is 0.335 e. The van der Waals surface area contributed by atoms with Crippen LogP contribution >= 0.6 is 0 Å². The van der Waals surface area contributed by atoms with Crippen LogP contribution in [-0.2, 0) is 0 Å². The van der Waals surface area contributed by atoms with Crippen molar-refractivity contribution < 1.29 is 24.7 Å². The molecule has 0 bridgehead atoms. The van der Waals surface area contributed by atoms with Crippen LogP contribution in [0, 0.1) is 17.0 Å². The largest absolute Gasteiger partial charge is 0.478 e. The monoisotopic (exact) mass is 483 g/mol. The van der Waals surface area contributed by atoms with E-state index in [1.165, 1.54) is 31.0 Å². The smallest absolute Gasteiger partial charge is 0.335 e. The molecule has 0 spiro atoms. The lowest BCUT2D eigenvalue weighted by atomic mass is 10.0. The Morgan fingerprint density at radius 2 is 1.46 bits per heavy atom. The second-order valence-electron chi connectivity index (χ2n) is 9.16. The first-order valence-corrected chi connectivity index (χ1v) is 12.1.